The molecule has 7 heteroatoms. The van der Waals surface area contributed by atoms with Crippen molar-refractivity contribution in [3.63, 3.8) is 0 Å². The first-order chi connectivity index (χ1) is 13.0. The second-order valence-corrected chi connectivity index (χ2v) is 9.24. The van der Waals surface area contributed by atoms with E-state index >= 15 is 0 Å². The lowest BCUT2D eigenvalue weighted by Crippen LogP contribution is -2.35. The summed E-state index contributed by atoms with van der Waals surface area (Å²) < 4.78 is 6.38. The number of amides is 1. The molecule has 1 fully saturated rings. The number of carbonyl (C=O) groups is 1. The quantitative estimate of drug-likeness (QED) is 0.852. The summed E-state index contributed by atoms with van der Waals surface area (Å²) in [7, 11) is 4.31. The van der Waals surface area contributed by atoms with Crippen LogP contribution in [0.5, 0.6) is 5.88 Å². The number of rotatable bonds is 5. The molecule has 1 atom stereocenters. The van der Waals surface area contributed by atoms with Gasteiger partial charge in [0.25, 0.3) is 0 Å². The number of fused-ring (bicyclic) bond motifs is 3. The summed E-state index contributed by atoms with van der Waals surface area (Å²) in [5, 5.41) is 1.07. The van der Waals surface area contributed by atoms with Crippen LogP contribution in [-0.2, 0) is 17.6 Å². The van der Waals surface area contributed by atoms with Crippen molar-refractivity contribution in [3.05, 3.63) is 16.8 Å². The van der Waals surface area contributed by atoms with Crippen molar-refractivity contribution < 1.29 is 9.53 Å². The fraction of sp³-hybridized carbons (Fsp3) is 0.650. The molecule has 0 bridgehead atoms. The molecule has 0 unspecified atom stereocenters. The van der Waals surface area contributed by atoms with Crippen molar-refractivity contribution >= 4 is 27.5 Å². The minimum absolute atomic E-state index is 0.214. The van der Waals surface area contributed by atoms with Crippen LogP contribution in [0.2, 0.25) is 0 Å². The third kappa shape index (κ3) is 3.94. The highest BCUT2D eigenvalue weighted by Gasteiger charge is 2.29. The molecule has 2 N–H and O–H groups in total. The van der Waals surface area contributed by atoms with E-state index in [2.05, 4.69) is 29.0 Å². The van der Waals surface area contributed by atoms with Gasteiger partial charge in [-0.15, -0.1) is 11.3 Å². The standard InChI is InChI=1S/C20H28N4O2S/c1-24(2)13-4-6-14(7-5-13)26-19-18-15-9-12(10-17(21)25)3-8-16(15)27-20(18)23-11-22-19/h11-14H,3-10H2,1-2H3,(H2,21,25)/t12-,13?,14?/m1/s1. The second-order valence-electron chi connectivity index (χ2n) is 8.15. The van der Waals surface area contributed by atoms with Gasteiger partial charge in [-0.25, -0.2) is 9.97 Å². The van der Waals surface area contributed by atoms with Gasteiger partial charge in [-0.1, -0.05) is 0 Å². The van der Waals surface area contributed by atoms with Crippen LogP contribution in [0.15, 0.2) is 6.33 Å². The van der Waals surface area contributed by atoms with Gasteiger partial charge in [0.15, 0.2) is 0 Å². The van der Waals surface area contributed by atoms with Crippen LogP contribution in [0, 0.1) is 5.92 Å². The molecule has 1 saturated carbocycles. The van der Waals surface area contributed by atoms with Crippen molar-refractivity contribution in [3.8, 4) is 5.88 Å². The van der Waals surface area contributed by atoms with Gasteiger partial charge in [-0.05, 0) is 70.5 Å². The number of nitrogens with zero attached hydrogens (tertiary/aromatic N) is 3. The van der Waals surface area contributed by atoms with Gasteiger partial charge in [0.05, 0.1) is 5.39 Å². The zero-order valence-corrected chi connectivity index (χ0v) is 16.9. The van der Waals surface area contributed by atoms with Crippen LogP contribution in [0.3, 0.4) is 0 Å². The highest BCUT2D eigenvalue weighted by molar-refractivity contribution is 7.18. The zero-order valence-electron chi connectivity index (χ0n) is 16.1. The zero-order chi connectivity index (χ0) is 19.0. The van der Waals surface area contributed by atoms with E-state index in [-0.39, 0.29) is 12.0 Å². The van der Waals surface area contributed by atoms with E-state index in [1.165, 1.54) is 10.4 Å². The Labute approximate surface area is 164 Å². The number of hydrogen-bond donors (Lipinski definition) is 1. The average Bonchev–Trinajstić information content (AvgIpc) is 3.00. The predicted octanol–water partition coefficient (Wildman–Crippen LogP) is 2.92. The van der Waals surface area contributed by atoms with E-state index in [1.807, 2.05) is 0 Å². The number of carbonyl (C=O) groups excluding carboxylic acids is 1. The third-order valence-corrected chi connectivity index (χ3v) is 7.25. The van der Waals surface area contributed by atoms with Crippen LogP contribution in [0.25, 0.3) is 10.2 Å². The van der Waals surface area contributed by atoms with E-state index in [4.69, 9.17) is 10.5 Å². The Bertz CT molecular complexity index is 827. The molecule has 2 aromatic rings. The van der Waals surface area contributed by atoms with Crippen molar-refractivity contribution in [2.45, 2.75) is 63.5 Å². The predicted molar refractivity (Wildman–Crippen MR) is 107 cm³/mol. The number of nitrogens with two attached hydrogens (primary N) is 1. The number of aromatic nitrogens is 2. The van der Waals surface area contributed by atoms with Crippen molar-refractivity contribution in [1.29, 1.82) is 0 Å². The lowest BCUT2D eigenvalue weighted by atomic mass is 9.85. The van der Waals surface area contributed by atoms with Gasteiger partial charge in [0.2, 0.25) is 11.8 Å². The molecule has 27 heavy (non-hydrogen) atoms. The Kier molecular flexibility index (Phi) is 5.32. The first kappa shape index (κ1) is 18.6. The van der Waals surface area contributed by atoms with E-state index in [0.717, 1.165) is 61.0 Å². The van der Waals surface area contributed by atoms with E-state index in [1.54, 1.807) is 17.7 Å². The topological polar surface area (TPSA) is 81.3 Å². The lowest BCUT2D eigenvalue weighted by Gasteiger charge is -2.32. The summed E-state index contributed by atoms with van der Waals surface area (Å²) in [5.74, 6) is 0.829. The van der Waals surface area contributed by atoms with Crippen LogP contribution in [-0.4, -0.2) is 47.0 Å². The smallest absolute Gasteiger partial charge is 0.225 e. The summed E-state index contributed by atoms with van der Waals surface area (Å²) in [5.41, 5.74) is 6.71. The Morgan fingerprint density at radius 1 is 1.26 bits per heavy atom. The maximum Gasteiger partial charge on any atom is 0.225 e. The van der Waals surface area contributed by atoms with Gasteiger partial charge in [0.1, 0.15) is 17.3 Å². The van der Waals surface area contributed by atoms with Crippen LogP contribution in [0.4, 0.5) is 0 Å². The van der Waals surface area contributed by atoms with Gasteiger partial charge < -0.3 is 15.4 Å². The molecule has 0 saturated heterocycles. The normalized spacial score (nSPS) is 25.5. The van der Waals surface area contributed by atoms with Crippen LogP contribution < -0.4 is 10.5 Å². The molecule has 4 rings (SSSR count). The van der Waals surface area contributed by atoms with Crippen LogP contribution in [0.1, 0.15) is 49.0 Å². The minimum Gasteiger partial charge on any atom is -0.474 e. The maximum atomic E-state index is 11.4. The Balaban J connectivity index is 1.56. The van der Waals surface area contributed by atoms with Crippen molar-refractivity contribution in [1.82, 2.24) is 14.9 Å². The molecule has 6 nitrogen and oxygen atoms in total. The molecule has 2 heterocycles. The van der Waals surface area contributed by atoms with Crippen molar-refractivity contribution in [2.24, 2.45) is 11.7 Å². The highest BCUT2D eigenvalue weighted by atomic mass is 32.1. The molecule has 0 aliphatic heterocycles. The summed E-state index contributed by atoms with van der Waals surface area (Å²) in [6.07, 6.45) is 9.61. The molecule has 0 aromatic carbocycles. The van der Waals surface area contributed by atoms with Crippen molar-refractivity contribution in [2.75, 3.05) is 14.1 Å². The first-order valence-corrected chi connectivity index (χ1v) is 10.7. The minimum atomic E-state index is -0.214. The Morgan fingerprint density at radius 3 is 2.74 bits per heavy atom. The molecule has 2 aromatic heterocycles. The second kappa shape index (κ2) is 7.72. The summed E-state index contributed by atoms with van der Waals surface area (Å²) in [6, 6.07) is 0.652. The fourth-order valence-electron chi connectivity index (χ4n) is 4.54. The van der Waals surface area contributed by atoms with Crippen LogP contribution >= 0.6 is 11.3 Å². The summed E-state index contributed by atoms with van der Waals surface area (Å²) in [4.78, 5) is 25.0. The molecule has 0 spiro atoms. The molecular weight excluding hydrogens is 360 g/mol. The number of aryl methyl sites for hydroxylation is 1. The van der Waals surface area contributed by atoms with E-state index in [0.29, 0.717) is 18.4 Å². The molecular formula is C20H28N4O2S. The van der Waals surface area contributed by atoms with E-state index < -0.39 is 0 Å². The van der Waals surface area contributed by atoms with E-state index in [9.17, 15) is 4.79 Å². The molecule has 2 aliphatic carbocycles. The van der Waals surface area contributed by atoms with Gasteiger partial charge >= 0.3 is 0 Å². The summed E-state index contributed by atoms with van der Waals surface area (Å²) in [6.45, 7) is 0. The summed E-state index contributed by atoms with van der Waals surface area (Å²) >= 11 is 1.75. The highest BCUT2D eigenvalue weighted by Crippen LogP contribution is 2.41. The maximum absolute atomic E-state index is 11.4. The van der Waals surface area contributed by atoms with Gasteiger partial charge in [-0.3, -0.25) is 4.79 Å². The number of thiophene rings is 1. The number of ether oxygens (including phenoxy) is 1. The SMILES string of the molecule is CN(C)C1CCC(Oc2ncnc3sc4c(c23)C[C@H](CC(N)=O)CC4)CC1. The van der Waals surface area contributed by atoms with Gasteiger partial charge in [-0.2, -0.15) is 0 Å². The number of hydrogen-bond acceptors (Lipinski definition) is 6. The largest absolute Gasteiger partial charge is 0.474 e. The Morgan fingerprint density at radius 2 is 2.04 bits per heavy atom. The molecule has 146 valence electrons. The number of primary amides is 1. The fourth-order valence-corrected chi connectivity index (χ4v) is 5.71. The Hall–Kier alpha value is -1.73. The molecule has 0 radical (unpaired) electrons. The van der Waals surface area contributed by atoms with Gasteiger partial charge in [0, 0.05) is 17.3 Å². The molecule has 2 aliphatic rings. The average molecular weight is 389 g/mol. The third-order valence-electron chi connectivity index (χ3n) is 6.05. The lowest BCUT2D eigenvalue weighted by molar-refractivity contribution is -0.119. The molecule has 1 amide bonds. The first-order valence-electron chi connectivity index (χ1n) is 9.88. The monoisotopic (exact) mass is 388 g/mol.